The summed E-state index contributed by atoms with van der Waals surface area (Å²) < 4.78 is 0. The van der Waals surface area contributed by atoms with E-state index in [2.05, 4.69) is 16.0 Å². The average molecular weight is 269 g/mol. The van der Waals surface area contributed by atoms with Crippen LogP contribution in [0.3, 0.4) is 0 Å². The zero-order valence-corrected chi connectivity index (χ0v) is 11.5. The van der Waals surface area contributed by atoms with Crippen molar-refractivity contribution >= 4 is 23.3 Å². The fraction of sp³-hybridized carbons (Fsp3) is 0.500. The lowest BCUT2D eigenvalue weighted by molar-refractivity contribution is -0.122. The number of hydrogen-bond acceptors (Lipinski definition) is 3. The monoisotopic (exact) mass is 269 g/mol. The number of carbonyl (C=O) groups is 2. The van der Waals surface area contributed by atoms with Gasteiger partial charge >= 0.3 is 6.03 Å². The number of urea groups is 1. The van der Waals surface area contributed by atoms with Crippen LogP contribution in [0.25, 0.3) is 0 Å². The molecule has 1 rings (SSSR count). The number of carbonyl (C=O) groups excluding carboxylic acids is 2. The number of likely N-dealkylation sites (N-methyl/N-ethyl adjacent to an activating group) is 1. The fourth-order valence-electron chi connectivity index (χ4n) is 1.39. The third kappa shape index (κ3) is 5.18. The predicted molar refractivity (Wildman–Crippen MR) is 72.7 cm³/mol. The molecule has 0 bridgehead atoms. The maximum atomic E-state index is 11.5. The molecule has 1 unspecified atom stereocenters. The number of nitrogens with one attached hydrogen (secondary N) is 3. The Balaban J connectivity index is 2.19. The van der Waals surface area contributed by atoms with Crippen molar-refractivity contribution in [3.63, 3.8) is 0 Å². The summed E-state index contributed by atoms with van der Waals surface area (Å²) in [6.45, 7) is 4.62. The molecule has 0 radical (unpaired) electrons. The normalized spacial score (nSPS) is 11.7. The number of thiophene rings is 1. The summed E-state index contributed by atoms with van der Waals surface area (Å²) in [6.07, 6.45) is 0.806. The molecule has 100 valence electrons. The topological polar surface area (TPSA) is 70.2 Å². The number of amides is 3. The first kappa shape index (κ1) is 14.5. The van der Waals surface area contributed by atoms with Crippen LogP contribution in [0, 0.1) is 0 Å². The molecule has 0 fully saturated rings. The van der Waals surface area contributed by atoms with Crippen molar-refractivity contribution < 1.29 is 9.59 Å². The summed E-state index contributed by atoms with van der Waals surface area (Å²) in [5.41, 5.74) is 0. The van der Waals surface area contributed by atoms with Crippen molar-refractivity contribution in [2.24, 2.45) is 0 Å². The molecule has 18 heavy (non-hydrogen) atoms. The summed E-state index contributed by atoms with van der Waals surface area (Å²) >= 11 is 1.66. The molecular weight excluding hydrogens is 250 g/mol. The van der Waals surface area contributed by atoms with Crippen molar-refractivity contribution in [1.82, 2.24) is 16.0 Å². The van der Waals surface area contributed by atoms with E-state index in [9.17, 15) is 9.59 Å². The van der Waals surface area contributed by atoms with Gasteiger partial charge in [-0.05, 0) is 31.7 Å². The molecule has 0 aliphatic rings. The van der Waals surface area contributed by atoms with Gasteiger partial charge in [0.25, 0.3) is 0 Å². The fourth-order valence-corrected chi connectivity index (χ4v) is 2.10. The van der Waals surface area contributed by atoms with Gasteiger partial charge in [0, 0.05) is 18.0 Å². The van der Waals surface area contributed by atoms with Crippen LogP contribution in [-0.2, 0) is 11.2 Å². The molecule has 1 atom stereocenters. The lowest BCUT2D eigenvalue weighted by Crippen LogP contribution is -2.48. The average Bonchev–Trinajstić information content (AvgIpc) is 2.82. The van der Waals surface area contributed by atoms with Crippen LogP contribution < -0.4 is 16.0 Å². The van der Waals surface area contributed by atoms with Gasteiger partial charge in [-0.3, -0.25) is 4.79 Å². The van der Waals surface area contributed by atoms with Crippen molar-refractivity contribution in [3.8, 4) is 0 Å². The molecule has 0 aliphatic carbocycles. The summed E-state index contributed by atoms with van der Waals surface area (Å²) in [7, 11) is 0. The van der Waals surface area contributed by atoms with Crippen molar-refractivity contribution in [2.45, 2.75) is 26.3 Å². The second-order valence-corrected chi connectivity index (χ2v) is 4.88. The lowest BCUT2D eigenvalue weighted by atomic mass is 10.3. The third-order valence-electron chi connectivity index (χ3n) is 2.33. The van der Waals surface area contributed by atoms with Crippen LogP contribution in [0.2, 0.25) is 0 Å². The first-order chi connectivity index (χ1) is 8.63. The molecule has 5 nitrogen and oxygen atoms in total. The quantitative estimate of drug-likeness (QED) is 0.724. The van der Waals surface area contributed by atoms with Crippen molar-refractivity contribution in [1.29, 1.82) is 0 Å². The Labute approximate surface area is 111 Å². The van der Waals surface area contributed by atoms with Gasteiger partial charge in [0.1, 0.15) is 6.04 Å². The van der Waals surface area contributed by atoms with Crippen LogP contribution >= 0.6 is 11.3 Å². The zero-order chi connectivity index (χ0) is 13.4. The minimum absolute atomic E-state index is 0.175. The van der Waals surface area contributed by atoms with Crippen molar-refractivity contribution in [2.75, 3.05) is 13.1 Å². The highest BCUT2D eigenvalue weighted by Crippen LogP contribution is 2.07. The Morgan fingerprint density at radius 1 is 1.39 bits per heavy atom. The van der Waals surface area contributed by atoms with Crippen LogP contribution in [0.5, 0.6) is 0 Å². The second-order valence-electron chi connectivity index (χ2n) is 3.85. The summed E-state index contributed by atoms with van der Waals surface area (Å²) in [5, 5.41) is 9.97. The zero-order valence-electron chi connectivity index (χ0n) is 10.7. The van der Waals surface area contributed by atoms with Gasteiger partial charge in [0.05, 0.1) is 0 Å². The van der Waals surface area contributed by atoms with E-state index in [0.29, 0.717) is 13.1 Å². The Bertz CT molecular complexity index is 379. The maximum Gasteiger partial charge on any atom is 0.315 e. The van der Waals surface area contributed by atoms with Crippen LogP contribution in [-0.4, -0.2) is 31.1 Å². The number of hydrogen-bond donors (Lipinski definition) is 3. The maximum absolute atomic E-state index is 11.5. The molecule has 0 aromatic carbocycles. The van der Waals surface area contributed by atoms with Crippen LogP contribution in [0.15, 0.2) is 17.5 Å². The molecule has 0 saturated carbocycles. The summed E-state index contributed by atoms with van der Waals surface area (Å²) in [4.78, 5) is 24.1. The molecule has 1 aromatic heterocycles. The van der Waals surface area contributed by atoms with Gasteiger partial charge in [-0.2, -0.15) is 0 Å². The van der Waals surface area contributed by atoms with E-state index in [1.165, 1.54) is 4.88 Å². The second kappa shape index (κ2) is 7.71. The van der Waals surface area contributed by atoms with Gasteiger partial charge in [-0.25, -0.2) is 4.79 Å². The van der Waals surface area contributed by atoms with Gasteiger partial charge < -0.3 is 16.0 Å². The van der Waals surface area contributed by atoms with E-state index in [1.807, 2.05) is 24.4 Å². The summed E-state index contributed by atoms with van der Waals surface area (Å²) in [6, 6.07) is 3.18. The molecule has 0 spiro atoms. The van der Waals surface area contributed by atoms with E-state index in [4.69, 9.17) is 0 Å². The summed E-state index contributed by atoms with van der Waals surface area (Å²) in [5.74, 6) is -0.175. The van der Waals surface area contributed by atoms with E-state index >= 15 is 0 Å². The van der Waals surface area contributed by atoms with Crippen LogP contribution in [0.4, 0.5) is 4.79 Å². The van der Waals surface area contributed by atoms with Gasteiger partial charge in [0.2, 0.25) is 5.91 Å². The minimum Gasteiger partial charge on any atom is -0.355 e. The van der Waals surface area contributed by atoms with Crippen molar-refractivity contribution in [3.05, 3.63) is 22.4 Å². The highest BCUT2D eigenvalue weighted by Gasteiger charge is 2.13. The molecule has 0 saturated heterocycles. The molecule has 1 aromatic rings. The molecule has 3 N–H and O–H groups in total. The molecule has 0 aliphatic heterocycles. The van der Waals surface area contributed by atoms with Gasteiger partial charge in [-0.15, -0.1) is 11.3 Å². The highest BCUT2D eigenvalue weighted by atomic mass is 32.1. The standard InChI is InChI=1S/C12H19N3O2S/c1-3-13-11(16)9(2)15-12(17)14-7-6-10-5-4-8-18-10/h4-5,8-9H,3,6-7H2,1-2H3,(H,13,16)(H2,14,15,17). The highest BCUT2D eigenvalue weighted by molar-refractivity contribution is 7.09. The van der Waals surface area contributed by atoms with E-state index in [0.717, 1.165) is 6.42 Å². The first-order valence-electron chi connectivity index (χ1n) is 5.98. The van der Waals surface area contributed by atoms with Crippen LogP contribution in [0.1, 0.15) is 18.7 Å². The Hall–Kier alpha value is -1.56. The largest absolute Gasteiger partial charge is 0.355 e. The van der Waals surface area contributed by atoms with Gasteiger partial charge in [0.15, 0.2) is 0 Å². The third-order valence-corrected chi connectivity index (χ3v) is 3.27. The van der Waals surface area contributed by atoms with Gasteiger partial charge in [-0.1, -0.05) is 6.07 Å². The van der Waals surface area contributed by atoms with E-state index in [-0.39, 0.29) is 11.9 Å². The number of rotatable bonds is 6. The molecular formula is C12H19N3O2S. The Morgan fingerprint density at radius 3 is 2.78 bits per heavy atom. The molecule has 1 heterocycles. The molecule has 6 heteroatoms. The minimum atomic E-state index is -0.522. The molecule has 3 amide bonds. The SMILES string of the molecule is CCNC(=O)C(C)NC(=O)NCCc1cccs1. The lowest BCUT2D eigenvalue weighted by Gasteiger charge is -2.13. The Kier molecular flexibility index (Phi) is 6.21. The first-order valence-corrected chi connectivity index (χ1v) is 6.86. The smallest absolute Gasteiger partial charge is 0.315 e. The van der Waals surface area contributed by atoms with E-state index < -0.39 is 6.04 Å². The predicted octanol–water partition coefficient (Wildman–Crippen LogP) is 1.11. The Morgan fingerprint density at radius 2 is 2.17 bits per heavy atom. The van der Waals surface area contributed by atoms with E-state index in [1.54, 1.807) is 18.3 Å².